The number of sulfone groups is 1. The molecular formula is C15H20N2O4S. The molecule has 0 radical (unpaired) electrons. The van der Waals surface area contributed by atoms with Crippen molar-refractivity contribution >= 4 is 9.84 Å². The summed E-state index contributed by atoms with van der Waals surface area (Å²) in [4.78, 5) is 0. The van der Waals surface area contributed by atoms with Crippen LogP contribution in [0.3, 0.4) is 0 Å². The van der Waals surface area contributed by atoms with Gasteiger partial charge in [-0.1, -0.05) is 5.16 Å². The van der Waals surface area contributed by atoms with Crippen LogP contribution in [0.1, 0.15) is 12.7 Å². The molecule has 2 rings (SSSR count). The highest BCUT2D eigenvalue weighted by atomic mass is 32.2. The van der Waals surface area contributed by atoms with Crippen molar-refractivity contribution in [3.63, 3.8) is 0 Å². The number of hydrogen-bond donors (Lipinski definition) is 1. The van der Waals surface area contributed by atoms with Gasteiger partial charge in [0.25, 0.3) is 0 Å². The van der Waals surface area contributed by atoms with Crippen molar-refractivity contribution in [2.75, 3.05) is 19.1 Å². The minimum Gasteiger partial charge on any atom is -0.497 e. The summed E-state index contributed by atoms with van der Waals surface area (Å²) in [7, 11) is -1.38. The van der Waals surface area contributed by atoms with Crippen LogP contribution < -0.4 is 10.1 Å². The largest absolute Gasteiger partial charge is 0.497 e. The summed E-state index contributed by atoms with van der Waals surface area (Å²) in [5.41, 5.74) is 1.66. The molecule has 0 bridgehead atoms. The molecule has 0 saturated carbocycles. The molecule has 1 aromatic heterocycles. The van der Waals surface area contributed by atoms with Gasteiger partial charge in [0.2, 0.25) is 0 Å². The second kappa shape index (κ2) is 6.93. The normalized spacial score (nSPS) is 13.0. The lowest BCUT2D eigenvalue weighted by Crippen LogP contribution is -2.32. The molecule has 0 fully saturated rings. The van der Waals surface area contributed by atoms with Crippen LogP contribution in [0.5, 0.6) is 5.75 Å². The molecule has 0 unspecified atom stereocenters. The van der Waals surface area contributed by atoms with Gasteiger partial charge in [-0.3, -0.25) is 0 Å². The Morgan fingerprint density at radius 1 is 1.32 bits per heavy atom. The van der Waals surface area contributed by atoms with Crippen molar-refractivity contribution in [3.05, 3.63) is 36.1 Å². The van der Waals surface area contributed by atoms with E-state index in [-0.39, 0.29) is 11.8 Å². The minimum atomic E-state index is -2.99. The lowest BCUT2D eigenvalue weighted by molar-refractivity contribution is 0.369. The van der Waals surface area contributed by atoms with E-state index in [0.717, 1.165) is 17.0 Å². The Kier molecular flexibility index (Phi) is 5.20. The lowest BCUT2D eigenvalue weighted by atomic mass is 10.1. The molecule has 0 aliphatic rings. The van der Waals surface area contributed by atoms with Gasteiger partial charge in [-0.25, -0.2) is 8.42 Å². The fourth-order valence-electron chi connectivity index (χ4n) is 2.08. The van der Waals surface area contributed by atoms with Crippen molar-refractivity contribution < 1.29 is 17.7 Å². The van der Waals surface area contributed by atoms with E-state index in [4.69, 9.17) is 9.26 Å². The van der Waals surface area contributed by atoms with Crippen LogP contribution in [0, 0.1) is 0 Å². The third-order valence-corrected chi connectivity index (χ3v) is 4.23. The maximum atomic E-state index is 11.2. The van der Waals surface area contributed by atoms with Crippen LogP contribution in [-0.4, -0.2) is 38.7 Å². The van der Waals surface area contributed by atoms with E-state index in [1.807, 2.05) is 37.3 Å². The van der Waals surface area contributed by atoms with Crippen molar-refractivity contribution in [3.8, 4) is 17.0 Å². The third-order valence-electron chi connectivity index (χ3n) is 3.12. The van der Waals surface area contributed by atoms with Crippen LogP contribution in [0.25, 0.3) is 11.3 Å². The number of ether oxygens (including phenoxy) is 1. The first kappa shape index (κ1) is 16.5. The van der Waals surface area contributed by atoms with Crippen LogP contribution in [0.4, 0.5) is 0 Å². The number of nitrogens with zero attached hydrogens (tertiary/aromatic N) is 1. The highest BCUT2D eigenvalue weighted by molar-refractivity contribution is 7.90. The molecule has 0 aliphatic heterocycles. The Balaban J connectivity index is 1.96. The van der Waals surface area contributed by atoms with Gasteiger partial charge in [0.1, 0.15) is 21.3 Å². The Labute approximate surface area is 130 Å². The quantitative estimate of drug-likeness (QED) is 0.837. The maximum absolute atomic E-state index is 11.2. The first-order valence-corrected chi connectivity index (χ1v) is 8.94. The van der Waals surface area contributed by atoms with Crippen molar-refractivity contribution in [2.24, 2.45) is 0 Å². The molecule has 0 spiro atoms. The van der Waals surface area contributed by atoms with Gasteiger partial charge in [0.15, 0.2) is 5.76 Å². The summed E-state index contributed by atoms with van der Waals surface area (Å²) in [6.07, 6.45) is 1.22. The first-order valence-electron chi connectivity index (χ1n) is 6.88. The van der Waals surface area contributed by atoms with E-state index in [1.54, 1.807) is 7.11 Å². The summed E-state index contributed by atoms with van der Waals surface area (Å²) in [5.74, 6) is 1.53. The average molecular weight is 324 g/mol. The van der Waals surface area contributed by atoms with Crippen molar-refractivity contribution in [1.29, 1.82) is 0 Å². The molecule has 2 aromatic rings. The van der Waals surface area contributed by atoms with Gasteiger partial charge in [-0.2, -0.15) is 0 Å². The molecule has 1 N–H and O–H groups in total. The Bertz CT molecular complexity index is 707. The Morgan fingerprint density at radius 2 is 2.00 bits per heavy atom. The summed E-state index contributed by atoms with van der Waals surface area (Å²) >= 11 is 0. The maximum Gasteiger partial charge on any atom is 0.151 e. The van der Waals surface area contributed by atoms with Gasteiger partial charge in [0.05, 0.1) is 19.4 Å². The second-order valence-corrected chi connectivity index (χ2v) is 7.47. The molecule has 0 saturated heterocycles. The van der Waals surface area contributed by atoms with Gasteiger partial charge in [-0.15, -0.1) is 0 Å². The van der Waals surface area contributed by atoms with Gasteiger partial charge in [0, 0.05) is 23.9 Å². The molecule has 0 amide bonds. The second-order valence-electron chi connectivity index (χ2n) is 5.28. The van der Waals surface area contributed by atoms with E-state index >= 15 is 0 Å². The van der Waals surface area contributed by atoms with E-state index < -0.39 is 9.84 Å². The molecule has 1 aromatic carbocycles. The van der Waals surface area contributed by atoms with Crippen LogP contribution >= 0.6 is 0 Å². The average Bonchev–Trinajstić information content (AvgIpc) is 2.92. The summed E-state index contributed by atoms with van der Waals surface area (Å²) < 4.78 is 32.8. The molecule has 7 heteroatoms. The van der Waals surface area contributed by atoms with E-state index in [2.05, 4.69) is 10.5 Å². The van der Waals surface area contributed by atoms with E-state index in [0.29, 0.717) is 12.3 Å². The topological polar surface area (TPSA) is 81.4 Å². The van der Waals surface area contributed by atoms with Crippen LogP contribution in [0.2, 0.25) is 0 Å². The van der Waals surface area contributed by atoms with E-state index in [9.17, 15) is 8.42 Å². The highest BCUT2D eigenvalue weighted by Gasteiger charge is 2.12. The Hall–Kier alpha value is -1.86. The predicted octanol–water partition coefficient (Wildman–Crippen LogP) is 1.87. The standard InChI is InChI=1S/C15H20N2O4S/c1-11(10-22(3,18)19)16-9-14-8-15(17-21-14)12-4-6-13(20-2)7-5-12/h4-8,11,16H,9-10H2,1-3H3/t11-/m1/s1. The molecule has 22 heavy (non-hydrogen) atoms. The monoisotopic (exact) mass is 324 g/mol. The zero-order valence-electron chi connectivity index (χ0n) is 12.9. The molecule has 1 heterocycles. The number of nitrogens with one attached hydrogen (secondary N) is 1. The number of aromatic nitrogens is 1. The summed E-state index contributed by atoms with van der Waals surface area (Å²) in [6, 6.07) is 9.21. The molecule has 120 valence electrons. The highest BCUT2D eigenvalue weighted by Crippen LogP contribution is 2.22. The minimum absolute atomic E-state index is 0.0898. The van der Waals surface area contributed by atoms with Crippen LogP contribution in [-0.2, 0) is 16.4 Å². The fraction of sp³-hybridized carbons (Fsp3) is 0.400. The summed E-state index contributed by atoms with van der Waals surface area (Å²) in [6.45, 7) is 2.25. The smallest absolute Gasteiger partial charge is 0.151 e. The van der Waals surface area contributed by atoms with E-state index in [1.165, 1.54) is 6.26 Å². The molecule has 6 nitrogen and oxygen atoms in total. The van der Waals surface area contributed by atoms with Gasteiger partial charge < -0.3 is 14.6 Å². The fourth-order valence-corrected chi connectivity index (χ4v) is 3.11. The zero-order chi connectivity index (χ0) is 16.2. The zero-order valence-corrected chi connectivity index (χ0v) is 13.7. The Morgan fingerprint density at radius 3 is 2.59 bits per heavy atom. The molecule has 1 atom stereocenters. The number of benzene rings is 1. The number of methoxy groups -OCH3 is 1. The third kappa shape index (κ3) is 4.85. The molecular weight excluding hydrogens is 304 g/mol. The van der Waals surface area contributed by atoms with Crippen LogP contribution in [0.15, 0.2) is 34.9 Å². The first-order chi connectivity index (χ1) is 10.4. The van der Waals surface area contributed by atoms with Gasteiger partial charge >= 0.3 is 0 Å². The van der Waals surface area contributed by atoms with Crippen molar-refractivity contribution in [1.82, 2.24) is 10.5 Å². The number of hydrogen-bond acceptors (Lipinski definition) is 6. The molecule has 0 aliphatic carbocycles. The lowest BCUT2D eigenvalue weighted by Gasteiger charge is -2.10. The number of rotatable bonds is 7. The van der Waals surface area contributed by atoms with Gasteiger partial charge in [-0.05, 0) is 31.2 Å². The SMILES string of the molecule is COc1ccc(-c2cc(CN[C@H](C)CS(C)(=O)=O)on2)cc1. The summed E-state index contributed by atoms with van der Waals surface area (Å²) in [5, 5.41) is 7.13. The van der Waals surface area contributed by atoms with Crippen molar-refractivity contribution in [2.45, 2.75) is 19.5 Å². The predicted molar refractivity (Wildman–Crippen MR) is 84.5 cm³/mol.